The van der Waals surface area contributed by atoms with Crippen LogP contribution in [0.15, 0.2) is 0 Å². The van der Waals surface area contributed by atoms with E-state index in [-0.39, 0.29) is 0 Å². The summed E-state index contributed by atoms with van der Waals surface area (Å²) in [5.41, 5.74) is 0. The molecule has 0 heterocycles. The number of ether oxygens (including phenoxy) is 2. The maximum absolute atomic E-state index is 5.19. The maximum Gasteiger partial charge on any atom is 0.0590 e. The van der Waals surface area contributed by atoms with Gasteiger partial charge in [0.05, 0.1) is 6.61 Å². The first-order valence-electron chi connectivity index (χ1n) is 4.61. The highest BCUT2D eigenvalue weighted by Gasteiger charge is 1.98. The van der Waals surface area contributed by atoms with Crippen LogP contribution in [0.4, 0.5) is 0 Å². The van der Waals surface area contributed by atoms with Gasteiger partial charge < -0.3 is 14.8 Å². The molecule has 0 aliphatic heterocycles. The van der Waals surface area contributed by atoms with Gasteiger partial charge in [-0.1, -0.05) is 0 Å². The van der Waals surface area contributed by atoms with E-state index in [1.165, 1.54) is 0 Å². The monoisotopic (exact) mass is 175 g/mol. The van der Waals surface area contributed by atoms with Crippen LogP contribution < -0.4 is 5.32 Å². The lowest BCUT2D eigenvalue weighted by molar-refractivity contribution is 0.143. The van der Waals surface area contributed by atoms with Crippen LogP contribution in [0.25, 0.3) is 0 Å². The van der Waals surface area contributed by atoms with Crippen molar-refractivity contribution >= 4 is 0 Å². The molecule has 0 rings (SSSR count). The molecule has 1 atom stereocenters. The molecule has 3 heteroatoms. The Bertz CT molecular complexity index is 88.6. The first-order valence-corrected chi connectivity index (χ1v) is 4.61. The van der Waals surface area contributed by atoms with Crippen LogP contribution in [0.2, 0.25) is 0 Å². The smallest absolute Gasteiger partial charge is 0.0590 e. The Morgan fingerprint density at radius 2 is 2.08 bits per heavy atom. The van der Waals surface area contributed by atoms with Crippen LogP contribution in [0, 0.1) is 0 Å². The Kier molecular flexibility index (Phi) is 8.88. The molecule has 0 bridgehead atoms. The zero-order valence-electron chi connectivity index (χ0n) is 8.43. The van der Waals surface area contributed by atoms with Crippen molar-refractivity contribution in [2.45, 2.75) is 26.3 Å². The van der Waals surface area contributed by atoms with Gasteiger partial charge in [0.1, 0.15) is 0 Å². The van der Waals surface area contributed by atoms with E-state index in [2.05, 4.69) is 12.2 Å². The molecule has 0 aromatic heterocycles. The van der Waals surface area contributed by atoms with E-state index in [1.54, 1.807) is 7.11 Å². The topological polar surface area (TPSA) is 30.5 Å². The van der Waals surface area contributed by atoms with Crippen LogP contribution in [0.3, 0.4) is 0 Å². The van der Waals surface area contributed by atoms with E-state index in [0.717, 1.165) is 32.8 Å². The standard InChI is InChI=1S/C9H21NO2/c1-4-12-8-6-10-9(2)5-7-11-3/h9-10H,4-8H2,1-3H3. The lowest BCUT2D eigenvalue weighted by atomic mass is 10.2. The van der Waals surface area contributed by atoms with Gasteiger partial charge in [-0.3, -0.25) is 0 Å². The van der Waals surface area contributed by atoms with Crippen molar-refractivity contribution < 1.29 is 9.47 Å². The molecule has 0 saturated carbocycles. The Hall–Kier alpha value is -0.120. The number of hydrogen-bond donors (Lipinski definition) is 1. The van der Waals surface area contributed by atoms with Gasteiger partial charge >= 0.3 is 0 Å². The van der Waals surface area contributed by atoms with Crippen molar-refractivity contribution in [2.75, 3.05) is 33.5 Å². The lowest BCUT2D eigenvalue weighted by Crippen LogP contribution is -2.30. The molecule has 0 aliphatic rings. The molecule has 0 saturated heterocycles. The minimum Gasteiger partial charge on any atom is -0.385 e. The second kappa shape index (κ2) is 8.97. The highest BCUT2D eigenvalue weighted by atomic mass is 16.5. The molecule has 0 spiro atoms. The Labute approximate surface area is 75.4 Å². The lowest BCUT2D eigenvalue weighted by Gasteiger charge is -2.12. The summed E-state index contributed by atoms with van der Waals surface area (Å²) in [5.74, 6) is 0. The zero-order chi connectivity index (χ0) is 9.23. The van der Waals surface area contributed by atoms with Gasteiger partial charge in [0.15, 0.2) is 0 Å². The summed E-state index contributed by atoms with van der Waals surface area (Å²) in [7, 11) is 1.73. The summed E-state index contributed by atoms with van der Waals surface area (Å²) in [6.45, 7) is 7.52. The quantitative estimate of drug-likeness (QED) is 0.559. The molecular weight excluding hydrogens is 154 g/mol. The molecule has 12 heavy (non-hydrogen) atoms. The van der Waals surface area contributed by atoms with E-state index in [9.17, 15) is 0 Å². The summed E-state index contributed by atoms with van der Waals surface area (Å²) < 4.78 is 10.2. The predicted octanol–water partition coefficient (Wildman–Crippen LogP) is 1.04. The van der Waals surface area contributed by atoms with Crippen molar-refractivity contribution in [2.24, 2.45) is 0 Å². The Morgan fingerprint density at radius 1 is 1.33 bits per heavy atom. The van der Waals surface area contributed by atoms with Gasteiger partial charge in [-0.25, -0.2) is 0 Å². The third-order valence-electron chi connectivity index (χ3n) is 1.70. The summed E-state index contributed by atoms with van der Waals surface area (Å²) in [6, 6.07) is 0.519. The Balaban J connectivity index is 3.02. The van der Waals surface area contributed by atoms with Gasteiger partial charge in [0.2, 0.25) is 0 Å². The average molecular weight is 175 g/mol. The van der Waals surface area contributed by atoms with Crippen LogP contribution in [-0.2, 0) is 9.47 Å². The first-order chi connectivity index (χ1) is 5.81. The van der Waals surface area contributed by atoms with Gasteiger partial charge in [-0.05, 0) is 20.3 Å². The van der Waals surface area contributed by atoms with Crippen molar-refractivity contribution in [1.82, 2.24) is 5.32 Å². The van der Waals surface area contributed by atoms with E-state index in [0.29, 0.717) is 6.04 Å². The predicted molar refractivity (Wildman–Crippen MR) is 50.5 cm³/mol. The molecule has 0 fully saturated rings. The molecule has 1 unspecified atom stereocenters. The van der Waals surface area contributed by atoms with E-state index in [1.807, 2.05) is 6.92 Å². The second-order valence-corrected chi connectivity index (χ2v) is 2.83. The van der Waals surface area contributed by atoms with Gasteiger partial charge in [-0.15, -0.1) is 0 Å². The van der Waals surface area contributed by atoms with E-state index >= 15 is 0 Å². The number of nitrogens with one attached hydrogen (secondary N) is 1. The molecule has 74 valence electrons. The van der Waals surface area contributed by atoms with E-state index in [4.69, 9.17) is 9.47 Å². The Morgan fingerprint density at radius 3 is 2.67 bits per heavy atom. The maximum atomic E-state index is 5.19. The first kappa shape index (κ1) is 11.9. The van der Waals surface area contributed by atoms with Crippen molar-refractivity contribution in [1.29, 1.82) is 0 Å². The minimum atomic E-state index is 0.519. The molecule has 0 aromatic carbocycles. The SMILES string of the molecule is CCOCCNC(C)CCOC. The van der Waals surface area contributed by atoms with Crippen LogP contribution in [0.5, 0.6) is 0 Å². The average Bonchev–Trinajstić information content (AvgIpc) is 2.09. The fourth-order valence-corrected chi connectivity index (χ4v) is 0.919. The molecule has 3 nitrogen and oxygen atoms in total. The molecule has 0 amide bonds. The van der Waals surface area contributed by atoms with Crippen molar-refractivity contribution in [3.8, 4) is 0 Å². The highest BCUT2D eigenvalue weighted by Crippen LogP contribution is 1.89. The van der Waals surface area contributed by atoms with Crippen LogP contribution in [0.1, 0.15) is 20.3 Å². The largest absolute Gasteiger partial charge is 0.385 e. The number of methoxy groups -OCH3 is 1. The molecule has 1 N–H and O–H groups in total. The number of rotatable bonds is 8. The van der Waals surface area contributed by atoms with Crippen LogP contribution >= 0.6 is 0 Å². The van der Waals surface area contributed by atoms with Gasteiger partial charge in [0.25, 0.3) is 0 Å². The number of hydrogen-bond acceptors (Lipinski definition) is 3. The van der Waals surface area contributed by atoms with Crippen molar-refractivity contribution in [3.05, 3.63) is 0 Å². The summed E-state index contributed by atoms with van der Waals surface area (Å²) in [4.78, 5) is 0. The normalized spacial score (nSPS) is 13.2. The second-order valence-electron chi connectivity index (χ2n) is 2.83. The van der Waals surface area contributed by atoms with Crippen LogP contribution in [-0.4, -0.2) is 39.5 Å². The van der Waals surface area contributed by atoms with Gasteiger partial charge in [0, 0.05) is 32.9 Å². The van der Waals surface area contributed by atoms with Crippen molar-refractivity contribution in [3.63, 3.8) is 0 Å². The highest BCUT2D eigenvalue weighted by molar-refractivity contribution is 4.58. The third-order valence-corrected chi connectivity index (χ3v) is 1.70. The fourth-order valence-electron chi connectivity index (χ4n) is 0.919. The third kappa shape index (κ3) is 7.98. The molecular formula is C9H21NO2. The molecule has 0 aromatic rings. The summed E-state index contributed by atoms with van der Waals surface area (Å²) in [5, 5.41) is 3.35. The zero-order valence-corrected chi connectivity index (χ0v) is 8.43. The summed E-state index contributed by atoms with van der Waals surface area (Å²) in [6.07, 6.45) is 1.06. The molecule has 0 radical (unpaired) electrons. The fraction of sp³-hybridized carbons (Fsp3) is 1.00. The van der Waals surface area contributed by atoms with Gasteiger partial charge in [-0.2, -0.15) is 0 Å². The summed E-state index contributed by atoms with van der Waals surface area (Å²) >= 11 is 0. The minimum absolute atomic E-state index is 0.519. The van der Waals surface area contributed by atoms with E-state index < -0.39 is 0 Å². The molecule has 0 aliphatic carbocycles.